The molecule has 14 heavy (non-hydrogen) atoms. The number of aryl methyl sites for hydroxylation is 2. The topological polar surface area (TPSA) is 15.8 Å². The third kappa shape index (κ3) is 1.08. The van der Waals surface area contributed by atoms with Crippen LogP contribution >= 0.6 is 0 Å². The fourth-order valence-electron chi connectivity index (χ4n) is 2.37. The maximum atomic E-state index is 3.49. The molecule has 3 rings (SSSR count). The van der Waals surface area contributed by atoms with Crippen molar-refractivity contribution in [1.82, 2.24) is 4.98 Å². The molecule has 1 aromatic heterocycles. The first kappa shape index (κ1) is 8.10. The smallest absolute Gasteiger partial charge is 0.0461 e. The van der Waals surface area contributed by atoms with Gasteiger partial charge in [-0.2, -0.15) is 0 Å². The fraction of sp³-hybridized carbons (Fsp3) is 0.385. The van der Waals surface area contributed by atoms with Gasteiger partial charge >= 0.3 is 0 Å². The lowest BCUT2D eigenvalue weighted by molar-refractivity contribution is 1.10. The van der Waals surface area contributed by atoms with Gasteiger partial charge in [0.2, 0.25) is 0 Å². The van der Waals surface area contributed by atoms with Crippen LogP contribution in [0.4, 0.5) is 0 Å². The van der Waals surface area contributed by atoms with Crippen LogP contribution in [-0.4, -0.2) is 4.98 Å². The Morgan fingerprint density at radius 3 is 2.71 bits per heavy atom. The van der Waals surface area contributed by atoms with E-state index >= 15 is 0 Å². The Bertz CT molecular complexity index is 489. The van der Waals surface area contributed by atoms with E-state index in [1.165, 1.54) is 35.0 Å². The molecule has 1 aliphatic rings. The van der Waals surface area contributed by atoms with Gasteiger partial charge in [-0.25, -0.2) is 0 Å². The fourth-order valence-corrected chi connectivity index (χ4v) is 2.37. The van der Waals surface area contributed by atoms with Crippen molar-refractivity contribution in [2.45, 2.75) is 32.6 Å². The third-order valence-corrected chi connectivity index (χ3v) is 3.18. The lowest BCUT2D eigenvalue weighted by Crippen LogP contribution is -1.79. The van der Waals surface area contributed by atoms with Gasteiger partial charge in [-0.1, -0.05) is 12.1 Å². The number of H-pyrrole nitrogens is 1. The molecule has 0 spiro atoms. The maximum absolute atomic E-state index is 3.49. The van der Waals surface area contributed by atoms with Gasteiger partial charge in [-0.15, -0.1) is 0 Å². The van der Waals surface area contributed by atoms with Crippen molar-refractivity contribution in [3.8, 4) is 0 Å². The maximum Gasteiger partial charge on any atom is 0.0461 e. The Hall–Kier alpha value is -1.24. The standard InChI is InChI=1S/C13H15N/c1-8-3-6-11-12(7-8)14-9(2)13(11)10-4-5-10/h3,6-7,10,14H,4-5H2,1-2H3. The molecule has 0 amide bonds. The van der Waals surface area contributed by atoms with E-state index in [4.69, 9.17) is 0 Å². The van der Waals surface area contributed by atoms with Gasteiger partial charge in [0.1, 0.15) is 0 Å². The number of fused-ring (bicyclic) bond motifs is 1. The number of benzene rings is 1. The Labute approximate surface area is 84.1 Å². The second kappa shape index (κ2) is 2.63. The van der Waals surface area contributed by atoms with Gasteiger partial charge in [-0.05, 0) is 49.8 Å². The van der Waals surface area contributed by atoms with E-state index in [9.17, 15) is 0 Å². The molecule has 0 unspecified atom stereocenters. The molecule has 1 aliphatic carbocycles. The van der Waals surface area contributed by atoms with Crippen LogP contribution in [0.1, 0.15) is 35.6 Å². The molecule has 1 heteroatoms. The van der Waals surface area contributed by atoms with Crippen molar-refractivity contribution in [3.05, 3.63) is 35.0 Å². The number of aromatic amines is 1. The van der Waals surface area contributed by atoms with Crippen LogP contribution in [0, 0.1) is 13.8 Å². The molecule has 1 N–H and O–H groups in total. The van der Waals surface area contributed by atoms with E-state index in [0.29, 0.717) is 0 Å². The van der Waals surface area contributed by atoms with Gasteiger partial charge in [0.15, 0.2) is 0 Å². The van der Waals surface area contributed by atoms with Gasteiger partial charge < -0.3 is 4.98 Å². The SMILES string of the molecule is Cc1ccc2c(C3CC3)c(C)[nH]c2c1. The van der Waals surface area contributed by atoms with Crippen LogP contribution in [0.5, 0.6) is 0 Å². The van der Waals surface area contributed by atoms with Crippen molar-refractivity contribution in [1.29, 1.82) is 0 Å². The highest BCUT2D eigenvalue weighted by atomic mass is 14.7. The molecule has 1 fully saturated rings. The van der Waals surface area contributed by atoms with Crippen LogP contribution in [-0.2, 0) is 0 Å². The van der Waals surface area contributed by atoms with Gasteiger partial charge in [0, 0.05) is 16.6 Å². The summed E-state index contributed by atoms with van der Waals surface area (Å²) in [6.07, 6.45) is 2.75. The molecule has 0 radical (unpaired) electrons. The highest BCUT2D eigenvalue weighted by molar-refractivity contribution is 5.86. The quantitative estimate of drug-likeness (QED) is 0.697. The highest BCUT2D eigenvalue weighted by Gasteiger charge is 2.27. The van der Waals surface area contributed by atoms with Crippen molar-refractivity contribution in [3.63, 3.8) is 0 Å². The zero-order chi connectivity index (χ0) is 9.71. The number of nitrogens with one attached hydrogen (secondary N) is 1. The lowest BCUT2D eigenvalue weighted by Gasteiger charge is -1.97. The first-order valence-corrected chi connectivity index (χ1v) is 5.34. The normalized spacial score (nSPS) is 16.4. The highest BCUT2D eigenvalue weighted by Crippen LogP contribution is 2.44. The largest absolute Gasteiger partial charge is 0.358 e. The van der Waals surface area contributed by atoms with Crippen LogP contribution < -0.4 is 0 Å². The molecule has 2 aromatic rings. The molecule has 1 nitrogen and oxygen atoms in total. The van der Waals surface area contributed by atoms with Crippen molar-refractivity contribution < 1.29 is 0 Å². The monoisotopic (exact) mass is 185 g/mol. The molecular formula is C13H15N. The Kier molecular flexibility index (Phi) is 1.52. The molecule has 1 aromatic carbocycles. The second-order valence-electron chi connectivity index (χ2n) is 4.49. The molecule has 72 valence electrons. The summed E-state index contributed by atoms with van der Waals surface area (Å²) in [5.41, 5.74) is 5.58. The molecule has 0 aliphatic heterocycles. The third-order valence-electron chi connectivity index (χ3n) is 3.18. The molecule has 0 bridgehead atoms. The predicted octanol–water partition coefficient (Wildman–Crippen LogP) is 3.66. The van der Waals surface area contributed by atoms with E-state index in [1.807, 2.05) is 0 Å². The summed E-state index contributed by atoms with van der Waals surface area (Å²) in [5, 5.41) is 1.44. The first-order valence-electron chi connectivity index (χ1n) is 5.34. The summed E-state index contributed by atoms with van der Waals surface area (Å²) in [5.74, 6) is 0.839. The Balaban J connectivity index is 2.32. The van der Waals surface area contributed by atoms with E-state index in [2.05, 4.69) is 37.0 Å². The molecule has 0 saturated heterocycles. The van der Waals surface area contributed by atoms with Crippen molar-refractivity contribution in [2.75, 3.05) is 0 Å². The minimum atomic E-state index is 0.839. The number of rotatable bonds is 1. The van der Waals surface area contributed by atoms with Gasteiger partial charge in [0.25, 0.3) is 0 Å². The summed E-state index contributed by atoms with van der Waals surface area (Å²) in [6.45, 7) is 4.34. The predicted molar refractivity (Wildman–Crippen MR) is 59.7 cm³/mol. The lowest BCUT2D eigenvalue weighted by atomic mass is 10.1. The van der Waals surface area contributed by atoms with Crippen LogP contribution in [0.25, 0.3) is 10.9 Å². The second-order valence-corrected chi connectivity index (χ2v) is 4.49. The van der Waals surface area contributed by atoms with E-state index < -0.39 is 0 Å². The van der Waals surface area contributed by atoms with Crippen LogP contribution in [0.15, 0.2) is 18.2 Å². The van der Waals surface area contributed by atoms with Gasteiger partial charge in [-0.3, -0.25) is 0 Å². The number of aromatic nitrogens is 1. The average molecular weight is 185 g/mol. The van der Waals surface area contributed by atoms with E-state index in [1.54, 1.807) is 5.56 Å². The number of hydrogen-bond acceptors (Lipinski definition) is 0. The zero-order valence-electron chi connectivity index (χ0n) is 8.72. The zero-order valence-corrected chi connectivity index (χ0v) is 8.72. The summed E-state index contributed by atoms with van der Waals surface area (Å²) in [6, 6.07) is 6.72. The first-order chi connectivity index (χ1) is 6.75. The summed E-state index contributed by atoms with van der Waals surface area (Å²) in [4.78, 5) is 3.49. The summed E-state index contributed by atoms with van der Waals surface area (Å²) in [7, 11) is 0. The summed E-state index contributed by atoms with van der Waals surface area (Å²) >= 11 is 0. The molecule has 1 heterocycles. The summed E-state index contributed by atoms with van der Waals surface area (Å²) < 4.78 is 0. The molecule has 1 saturated carbocycles. The van der Waals surface area contributed by atoms with E-state index in [-0.39, 0.29) is 0 Å². The van der Waals surface area contributed by atoms with Gasteiger partial charge in [0.05, 0.1) is 0 Å². The number of hydrogen-bond donors (Lipinski definition) is 1. The Morgan fingerprint density at radius 1 is 1.21 bits per heavy atom. The van der Waals surface area contributed by atoms with Crippen LogP contribution in [0.2, 0.25) is 0 Å². The van der Waals surface area contributed by atoms with Crippen LogP contribution in [0.3, 0.4) is 0 Å². The van der Waals surface area contributed by atoms with Crippen molar-refractivity contribution >= 4 is 10.9 Å². The molecular weight excluding hydrogens is 170 g/mol. The molecule has 0 atom stereocenters. The minimum Gasteiger partial charge on any atom is -0.358 e. The van der Waals surface area contributed by atoms with E-state index in [0.717, 1.165) is 5.92 Å². The average Bonchev–Trinajstić information content (AvgIpc) is 2.89. The Morgan fingerprint density at radius 2 is 2.00 bits per heavy atom. The minimum absolute atomic E-state index is 0.839. The van der Waals surface area contributed by atoms with Crippen molar-refractivity contribution in [2.24, 2.45) is 0 Å².